The van der Waals surface area contributed by atoms with Crippen LogP contribution >= 0.6 is 11.3 Å². The summed E-state index contributed by atoms with van der Waals surface area (Å²) in [5.74, 6) is 0.910. The van der Waals surface area contributed by atoms with Gasteiger partial charge < -0.3 is 10.6 Å². The number of rotatable bonds is 6. The van der Waals surface area contributed by atoms with Crippen LogP contribution in [0.3, 0.4) is 0 Å². The molecule has 1 aromatic heterocycles. The van der Waals surface area contributed by atoms with Gasteiger partial charge in [0.15, 0.2) is 5.96 Å². The normalized spacial score (nSPS) is 20.9. The maximum absolute atomic E-state index is 4.51. The first-order chi connectivity index (χ1) is 13.5. The lowest BCUT2D eigenvalue weighted by Crippen LogP contribution is -2.51. The monoisotopic (exact) mass is 399 g/mol. The number of thiazole rings is 1. The summed E-state index contributed by atoms with van der Waals surface area (Å²) in [5, 5.41) is 8.24. The molecule has 0 bridgehead atoms. The fraction of sp³-hybridized carbons (Fsp3) is 0.545. The average Bonchev–Trinajstić information content (AvgIpc) is 3.01. The fourth-order valence-corrected chi connectivity index (χ4v) is 4.83. The number of aromatic nitrogens is 1. The molecule has 28 heavy (non-hydrogen) atoms. The number of hydrogen-bond donors (Lipinski definition) is 2. The molecular weight excluding hydrogens is 366 g/mol. The Morgan fingerprint density at radius 3 is 2.71 bits per heavy atom. The van der Waals surface area contributed by atoms with Gasteiger partial charge in [0.1, 0.15) is 0 Å². The molecule has 0 radical (unpaired) electrons. The molecule has 3 rings (SSSR count). The Labute approximate surface area is 173 Å². The minimum absolute atomic E-state index is 0.473. The van der Waals surface area contributed by atoms with E-state index in [1.165, 1.54) is 10.4 Å². The summed E-state index contributed by atoms with van der Waals surface area (Å²) in [6.45, 7) is 9.53. The molecule has 1 aromatic carbocycles. The van der Waals surface area contributed by atoms with Gasteiger partial charge in [-0.2, -0.15) is 0 Å². The van der Waals surface area contributed by atoms with Gasteiger partial charge in [0.2, 0.25) is 0 Å². The number of likely N-dealkylation sites (tertiary alicyclic amines) is 1. The summed E-state index contributed by atoms with van der Waals surface area (Å²) >= 11 is 1.79. The van der Waals surface area contributed by atoms with E-state index < -0.39 is 0 Å². The second-order valence-corrected chi connectivity index (χ2v) is 8.95. The maximum Gasteiger partial charge on any atom is 0.191 e. The molecule has 1 fully saturated rings. The third-order valence-electron chi connectivity index (χ3n) is 5.45. The van der Waals surface area contributed by atoms with Crippen molar-refractivity contribution in [3.63, 3.8) is 0 Å². The van der Waals surface area contributed by atoms with Gasteiger partial charge in [0.05, 0.1) is 10.7 Å². The number of aliphatic imine (C=N–C) groups is 1. The lowest BCUT2D eigenvalue weighted by atomic mass is 9.97. The number of nitrogens with one attached hydrogen (secondary N) is 2. The van der Waals surface area contributed by atoms with Gasteiger partial charge in [0, 0.05) is 50.1 Å². The SMILES string of the molecule is CN=C(NCCc1sc(C)nc1C)NC1CCN(Cc2ccccc2)C(C)C1. The summed E-state index contributed by atoms with van der Waals surface area (Å²) in [5.41, 5.74) is 2.55. The van der Waals surface area contributed by atoms with Gasteiger partial charge in [-0.1, -0.05) is 30.3 Å². The molecule has 0 aliphatic carbocycles. The summed E-state index contributed by atoms with van der Waals surface area (Å²) in [7, 11) is 1.85. The van der Waals surface area contributed by atoms with Crippen LogP contribution in [0, 0.1) is 13.8 Å². The van der Waals surface area contributed by atoms with Crippen LogP contribution in [0.15, 0.2) is 35.3 Å². The van der Waals surface area contributed by atoms with Crippen molar-refractivity contribution in [2.45, 2.75) is 58.7 Å². The quantitative estimate of drug-likeness (QED) is 0.576. The van der Waals surface area contributed by atoms with Crippen molar-refractivity contribution in [2.75, 3.05) is 20.1 Å². The molecule has 1 aliphatic heterocycles. The molecule has 2 unspecified atom stereocenters. The van der Waals surface area contributed by atoms with Crippen molar-refractivity contribution < 1.29 is 0 Å². The number of hydrogen-bond acceptors (Lipinski definition) is 4. The van der Waals surface area contributed by atoms with Gasteiger partial charge >= 0.3 is 0 Å². The highest BCUT2D eigenvalue weighted by atomic mass is 32.1. The molecule has 5 nitrogen and oxygen atoms in total. The van der Waals surface area contributed by atoms with Gasteiger partial charge in [0.25, 0.3) is 0 Å². The van der Waals surface area contributed by atoms with E-state index in [0.717, 1.165) is 55.6 Å². The summed E-state index contributed by atoms with van der Waals surface area (Å²) in [6, 6.07) is 11.8. The van der Waals surface area contributed by atoms with Crippen LogP contribution in [-0.4, -0.2) is 48.1 Å². The summed E-state index contributed by atoms with van der Waals surface area (Å²) < 4.78 is 0. The number of aryl methyl sites for hydroxylation is 2. The van der Waals surface area contributed by atoms with Crippen molar-refractivity contribution in [3.8, 4) is 0 Å². The highest BCUT2D eigenvalue weighted by Crippen LogP contribution is 2.20. The second-order valence-electron chi connectivity index (χ2n) is 7.66. The number of piperidine rings is 1. The highest BCUT2D eigenvalue weighted by Gasteiger charge is 2.25. The van der Waals surface area contributed by atoms with Crippen molar-refractivity contribution in [2.24, 2.45) is 4.99 Å². The predicted octanol–water partition coefficient (Wildman–Crippen LogP) is 3.52. The Bertz CT molecular complexity index is 770. The maximum atomic E-state index is 4.51. The molecule has 1 saturated heterocycles. The van der Waals surface area contributed by atoms with Gasteiger partial charge in [-0.15, -0.1) is 11.3 Å². The van der Waals surface area contributed by atoms with E-state index in [9.17, 15) is 0 Å². The van der Waals surface area contributed by atoms with E-state index in [4.69, 9.17) is 0 Å². The Morgan fingerprint density at radius 2 is 2.07 bits per heavy atom. The zero-order chi connectivity index (χ0) is 19.9. The molecule has 0 amide bonds. The number of nitrogens with zero attached hydrogens (tertiary/aromatic N) is 3. The standard InChI is InChI=1S/C22H33N5S/c1-16-14-20(11-13-27(16)15-19-8-6-5-7-9-19)26-22(23-4)24-12-10-21-17(2)25-18(3)28-21/h5-9,16,20H,10-15H2,1-4H3,(H2,23,24,26). The number of benzene rings is 1. The molecule has 0 spiro atoms. The smallest absolute Gasteiger partial charge is 0.191 e. The molecule has 152 valence electrons. The van der Waals surface area contributed by atoms with Crippen LogP contribution in [0.25, 0.3) is 0 Å². The lowest BCUT2D eigenvalue weighted by molar-refractivity contribution is 0.134. The molecule has 2 heterocycles. The van der Waals surface area contributed by atoms with Crippen LogP contribution < -0.4 is 10.6 Å². The molecule has 2 atom stereocenters. The van der Waals surface area contributed by atoms with Crippen molar-refractivity contribution in [1.82, 2.24) is 20.5 Å². The van der Waals surface area contributed by atoms with Gasteiger partial charge in [-0.05, 0) is 39.2 Å². The highest BCUT2D eigenvalue weighted by molar-refractivity contribution is 7.11. The van der Waals surface area contributed by atoms with E-state index in [0.29, 0.717) is 12.1 Å². The van der Waals surface area contributed by atoms with Crippen molar-refractivity contribution >= 4 is 17.3 Å². The molecular formula is C22H33N5S. The van der Waals surface area contributed by atoms with E-state index >= 15 is 0 Å². The topological polar surface area (TPSA) is 52.6 Å². The fourth-order valence-electron chi connectivity index (χ4n) is 3.89. The largest absolute Gasteiger partial charge is 0.356 e. The van der Waals surface area contributed by atoms with Crippen LogP contribution in [0.5, 0.6) is 0 Å². The lowest BCUT2D eigenvalue weighted by Gasteiger charge is -2.38. The molecule has 6 heteroatoms. The molecule has 0 saturated carbocycles. The predicted molar refractivity (Wildman–Crippen MR) is 119 cm³/mol. The number of guanidine groups is 1. The Hall–Kier alpha value is -1.92. The zero-order valence-electron chi connectivity index (χ0n) is 17.5. The van der Waals surface area contributed by atoms with Gasteiger partial charge in [-0.25, -0.2) is 4.98 Å². The van der Waals surface area contributed by atoms with Crippen LogP contribution in [0.1, 0.15) is 40.9 Å². The molecule has 2 N–H and O–H groups in total. The average molecular weight is 400 g/mol. The van der Waals surface area contributed by atoms with Crippen LogP contribution in [0.2, 0.25) is 0 Å². The third-order valence-corrected chi connectivity index (χ3v) is 6.58. The Morgan fingerprint density at radius 1 is 1.29 bits per heavy atom. The van der Waals surface area contributed by atoms with E-state index in [1.807, 2.05) is 7.05 Å². The summed E-state index contributed by atoms with van der Waals surface area (Å²) in [6.07, 6.45) is 3.27. The van der Waals surface area contributed by atoms with Gasteiger partial charge in [-0.3, -0.25) is 9.89 Å². The first-order valence-electron chi connectivity index (χ1n) is 10.2. The van der Waals surface area contributed by atoms with E-state index in [-0.39, 0.29) is 0 Å². The van der Waals surface area contributed by atoms with Crippen LogP contribution in [0.4, 0.5) is 0 Å². The Balaban J connectivity index is 1.43. The Kier molecular flexibility index (Phi) is 7.45. The van der Waals surface area contributed by atoms with Crippen LogP contribution in [-0.2, 0) is 13.0 Å². The molecule has 2 aromatic rings. The first-order valence-corrected chi connectivity index (χ1v) is 11.0. The first kappa shape index (κ1) is 20.8. The molecule has 1 aliphatic rings. The minimum atomic E-state index is 0.473. The van der Waals surface area contributed by atoms with Crippen molar-refractivity contribution in [1.29, 1.82) is 0 Å². The van der Waals surface area contributed by atoms with Crippen molar-refractivity contribution in [3.05, 3.63) is 51.5 Å². The minimum Gasteiger partial charge on any atom is -0.356 e. The second kappa shape index (κ2) is 10.0. The van der Waals surface area contributed by atoms with E-state index in [2.05, 4.69) is 76.6 Å². The third kappa shape index (κ3) is 5.79. The summed E-state index contributed by atoms with van der Waals surface area (Å²) in [4.78, 5) is 12.9. The zero-order valence-corrected chi connectivity index (χ0v) is 18.4. The van der Waals surface area contributed by atoms with E-state index in [1.54, 1.807) is 11.3 Å².